The van der Waals surface area contributed by atoms with Crippen molar-refractivity contribution < 1.29 is 9.21 Å². The SMILES string of the molecule is Cc1ccc(-c2nnco2)cc1NC(=O)CSc1ncnc2sc(C)c(C)c12. The highest BCUT2D eigenvalue weighted by Gasteiger charge is 2.14. The van der Waals surface area contributed by atoms with Gasteiger partial charge in [-0.2, -0.15) is 0 Å². The van der Waals surface area contributed by atoms with Crippen LogP contribution in [0, 0.1) is 20.8 Å². The Labute approximate surface area is 169 Å². The summed E-state index contributed by atoms with van der Waals surface area (Å²) in [6.07, 6.45) is 2.83. The molecule has 0 fully saturated rings. The minimum atomic E-state index is -0.104. The number of carbonyl (C=O) groups is 1. The van der Waals surface area contributed by atoms with Crippen LogP contribution in [0.15, 0.2) is 40.4 Å². The van der Waals surface area contributed by atoms with Crippen molar-refractivity contribution >= 4 is 44.9 Å². The van der Waals surface area contributed by atoms with E-state index < -0.39 is 0 Å². The van der Waals surface area contributed by atoms with E-state index in [0.717, 1.165) is 32.1 Å². The highest BCUT2D eigenvalue weighted by molar-refractivity contribution is 8.00. The molecule has 0 aliphatic rings. The fourth-order valence-corrected chi connectivity index (χ4v) is 4.69. The molecule has 142 valence electrons. The Bertz CT molecular complexity index is 1150. The van der Waals surface area contributed by atoms with Crippen LogP contribution >= 0.6 is 23.1 Å². The van der Waals surface area contributed by atoms with Gasteiger partial charge < -0.3 is 9.73 Å². The lowest BCUT2D eigenvalue weighted by Crippen LogP contribution is -2.15. The molecule has 0 atom stereocenters. The maximum Gasteiger partial charge on any atom is 0.247 e. The molecule has 0 unspecified atom stereocenters. The van der Waals surface area contributed by atoms with E-state index in [9.17, 15) is 4.79 Å². The smallest absolute Gasteiger partial charge is 0.247 e. The average Bonchev–Trinajstić information content (AvgIpc) is 3.31. The van der Waals surface area contributed by atoms with Crippen molar-refractivity contribution in [2.45, 2.75) is 25.8 Å². The number of nitrogens with zero attached hydrogens (tertiary/aromatic N) is 4. The molecule has 0 saturated carbocycles. The van der Waals surface area contributed by atoms with E-state index in [0.29, 0.717) is 5.89 Å². The first-order valence-electron chi connectivity index (χ1n) is 8.53. The highest BCUT2D eigenvalue weighted by Crippen LogP contribution is 2.34. The maximum atomic E-state index is 12.5. The lowest BCUT2D eigenvalue weighted by molar-refractivity contribution is -0.113. The Morgan fingerprint density at radius 2 is 2.11 bits per heavy atom. The number of hydrogen-bond donors (Lipinski definition) is 1. The first kappa shape index (κ1) is 18.6. The normalized spacial score (nSPS) is 11.1. The number of aromatic nitrogens is 4. The lowest BCUT2D eigenvalue weighted by Gasteiger charge is -2.09. The van der Waals surface area contributed by atoms with Gasteiger partial charge >= 0.3 is 0 Å². The number of hydrogen-bond acceptors (Lipinski definition) is 8. The van der Waals surface area contributed by atoms with Gasteiger partial charge in [0.15, 0.2) is 0 Å². The van der Waals surface area contributed by atoms with Gasteiger partial charge in [0.2, 0.25) is 18.2 Å². The van der Waals surface area contributed by atoms with E-state index in [1.165, 1.54) is 28.6 Å². The van der Waals surface area contributed by atoms with Crippen LogP contribution in [-0.4, -0.2) is 31.8 Å². The molecule has 1 aromatic carbocycles. The molecule has 3 aromatic heterocycles. The van der Waals surface area contributed by atoms with Crippen LogP contribution in [0.3, 0.4) is 0 Å². The van der Waals surface area contributed by atoms with Gasteiger partial charge in [0.1, 0.15) is 16.2 Å². The van der Waals surface area contributed by atoms with Crippen molar-refractivity contribution in [1.29, 1.82) is 0 Å². The van der Waals surface area contributed by atoms with Crippen molar-refractivity contribution in [3.05, 3.63) is 46.9 Å². The Morgan fingerprint density at radius 1 is 1.25 bits per heavy atom. The molecule has 0 saturated heterocycles. The number of benzene rings is 1. The third kappa shape index (κ3) is 3.63. The summed E-state index contributed by atoms with van der Waals surface area (Å²) >= 11 is 3.06. The molecule has 0 spiro atoms. The molecule has 0 aliphatic heterocycles. The van der Waals surface area contributed by atoms with Gasteiger partial charge in [0, 0.05) is 21.5 Å². The molecule has 7 nitrogen and oxygen atoms in total. The summed E-state index contributed by atoms with van der Waals surface area (Å²) in [4.78, 5) is 23.4. The van der Waals surface area contributed by atoms with Gasteiger partial charge in [-0.25, -0.2) is 9.97 Å². The first-order chi connectivity index (χ1) is 13.5. The zero-order valence-electron chi connectivity index (χ0n) is 15.5. The van der Waals surface area contributed by atoms with Crippen molar-refractivity contribution in [2.75, 3.05) is 11.1 Å². The van der Waals surface area contributed by atoms with Crippen LogP contribution in [-0.2, 0) is 4.79 Å². The van der Waals surface area contributed by atoms with Crippen molar-refractivity contribution in [3.8, 4) is 11.5 Å². The topological polar surface area (TPSA) is 93.8 Å². The summed E-state index contributed by atoms with van der Waals surface area (Å²) in [6.45, 7) is 6.07. The zero-order valence-corrected chi connectivity index (χ0v) is 17.1. The van der Waals surface area contributed by atoms with Crippen LogP contribution in [0.1, 0.15) is 16.0 Å². The van der Waals surface area contributed by atoms with Gasteiger partial charge in [0.25, 0.3) is 0 Å². The molecular weight excluding hydrogens is 394 g/mol. The Morgan fingerprint density at radius 3 is 2.89 bits per heavy atom. The van der Waals surface area contributed by atoms with Crippen molar-refractivity contribution in [2.24, 2.45) is 0 Å². The number of anilines is 1. The van der Waals surface area contributed by atoms with Crippen LogP contribution in [0.25, 0.3) is 21.7 Å². The van der Waals surface area contributed by atoms with Crippen LogP contribution in [0.5, 0.6) is 0 Å². The third-order valence-electron chi connectivity index (χ3n) is 4.39. The number of fused-ring (bicyclic) bond motifs is 1. The fraction of sp³-hybridized carbons (Fsp3) is 0.211. The van der Waals surface area contributed by atoms with Crippen molar-refractivity contribution in [1.82, 2.24) is 20.2 Å². The summed E-state index contributed by atoms with van der Waals surface area (Å²) < 4.78 is 5.23. The van der Waals surface area contributed by atoms with E-state index in [4.69, 9.17) is 4.42 Å². The maximum absolute atomic E-state index is 12.5. The summed E-state index contributed by atoms with van der Waals surface area (Å²) in [7, 11) is 0. The molecule has 4 rings (SSSR count). The Hall–Kier alpha value is -2.78. The van der Waals surface area contributed by atoms with E-state index in [2.05, 4.69) is 39.3 Å². The van der Waals surface area contributed by atoms with E-state index in [-0.39, 0.29) is 11.7 Å². The molecule has 1 amide bonds. The molecule has 9 heteroatoms. The summed E-state index contributed by atoms with van der Waals surface area (Å²) in [5.41, 5.74) is 3.60. The Balaban J connectivity index is 1.49. The molecule has 3 heterocycles. The molecule has 1 N–H and O–H groups in total. The predicted octanol–water partition coefficient (Wildman–Crippen LogP) is 4.40. The largest absolute Gasteiger partial charge is 0.423 e. The van der Waals surface area contributed by atoms with Gasteiger partial charge in [-0.15, -0.1) is 21.5 Å². The van der Waals surface area contributed by atoms with E-state index >= 15 is 0 Å². The van der Waals surface area contributed by atoms with Crippen LogP contribution in [0.4, 0.5) is 5.69 Å². The second-order valence-corrected chi connectivity index (χ2v) is 8.42. The van der Waals surface area contributed by atoms with Gasteiger partial charge in [-0.1, -0.05) is 17.8 Å². The summed E-state index contributed by atoms with van der Waals surface area (Å²) in [5, 5.41) is 12.4. The lowest BCUT2D eigenvalue weighted by atomic mass is 10.1. The third-order valence-corrected chi connectivity index (χ3v) is 6.49. The number of rotatable bonds is 5. The summed E-state index contributed by atoms with van der Waals surface area (Å²) in [6, 6.07) is 5.63. The molecule has 0 aliphatic carbocycles. The predicted molar refractivity (Wildman–Crippen MR) is 111 cm³/mol. The zero-order chi connectivity index (χ0) is 19.7. The first-order valence-corrected chi connectivity index (χ1v) is 10.3. The molecular formula is C19H17N5O2S2. The second-order valence-electron chi connectivity index (χ2n) is 6.25. The van der Waals surface area contributed by atoms with E-state index in [1.54, 1.807) is 17.7 Å². The minimum absolute atomic E-state index is 0.104. The highest BCUT2D eigenvalue weighted by atomic mass is 32.2. The number of amides is 1. The minimum Gasteiger partial charge on any atom is -0.423 e. The Kier molecular flexibility index (Phi) is 5.10. The number of thiophene rings is 1. The molecule has 4 aromatic rings. The summed E-state index contributed by atoms with van der Waals surface area (Å²) in [5.74, 6) is 0.564. The number of aryl methyl sites for hydroxylation is 3. The van der Waals surface area contributed by atoms with E-state index in [1.807, 2.05) is 25.1 Å². The number of carbonyl (C=O) groups excluding carboxylic acids is 1. The average molecular weight is 412 g/mol. The van der Waals surface area contributed by atoms with Gasteiger partial charge in [0.05, 0.1) is 5.75 Å². The monoisotopic (exact) mass is 411 g/mol. The quantitative estimate of drug-likeness (QED) is 0.384. The van der Waals surface area contributed by atoms with Gasteiger partial charge in [-0.3, -0.25) is 4.79 Å². The molecule has 0 bridgehead atoms. The molecule has 0 radical (unpaired) electrons. The van der Waals surface area contributed by atoms with Crippen molar-refractivity contribution in [3.63, 3.8) is 0 Å². The number of thioether (sulfide) groups is 1. The fourth-order valence-electron chi connectivity index (χ4n) is 2.77. The second kappa shape index (κ2) is 7.69. The van der Waals surface area contributed by atoms with Crippen LogP contribution in [0.2, 0.25) is 0 Å². The van der Waals surface area contributed by atoms with Gasteiger partial charge in [-0.05, 0) is 44.0 Å². The standard InChI is InChI=1S/C19H17N5O2S2/c1-10-4-5-13(17-24-22-9-26-17)6-14(10)23-15(25)7-27-18-16-11(2)12(3)28-19(16)21-8-20-18/h4-6,8-9H,7H2,1-3H3,(H,23,25). The van der Waals surface area contributed by atoms with Crippen LogP contribution < -0.4 is 5.32 Å². The molecule has 28 heavy (non-hydrogen) atoms. The number of nitrogens with one attached hydrogen (secondary N) is 1.